The maximum Gasteiger partial charge on any atom is 0.251 e. The fourth-order valence-electron chi connectivity index (χ4n) is 2.22. The minimum atomic E-state index is -0.611. The molecular weight excluding hydrogens is 334 g/mol. The first-order valence-electron chi connectivity index (χ1n) is 8.56. The maximum atomic E-state index is 12.4. The van der Waals surface area contributed by atoms with Crippen LogP contribution in [0.3, 0.4) is 0 Å². The van der Waals surface area contributed by atoms with Gasteiger partial charge in [-0.3, -0.25) is 14.4 Å². The zero-order valence-corrected chi connectivity index (χ0v) is 15.6. The normalized spacial score (nSPS) is 11.3. The van der Waals surface area contributed by atoms with Crippen molar-refractivity contribution < 1.29 is 19.1 Å². The summed E-state index contributed by atoms with van der Waals surface area (Å²) in [6.07, 6.45) is 1.78. The van der Waals surface area contributed by atoms with Crippen molar-refractivity contribution in [2.24, 2.45) is 0 Å². The molecule has 0 fully saturated rings. The van der Waals surface area contributed by atoms with Gasteiger partial charge in [-0.2, -0.15) is 0 Å². The molecule has 1 atom stereocenters. The van der Waals surface area contributed by atoms with Gasteiger partial charge in [-0.05, 0) is 44.5 Å². The molecule has 142 valence electrons. The van der Waals surface area contributed by atoms with Crippen molar-refractivity contribution in [3.63, 3.8) is 0 Å². The SMILES string of the molecule is C=CCCOC(C)C(=O)N(CC)CC(=O)Nc1ccc(NC(C)=O)cc1. The predicted octanol–water partition coefficient (Wildman–Crippen LogP) is 2.41. The molecular formula is C19H27N3O4. The topological polar surface area (TPSA) is 87.7 Å². The first kappa shape index (κ1) is 21.4. The van der Waals surface area contributed by atoms with Crippen LogP contribution in [0.1, 0.15) is 27.2 Å². The van der Waals surface area contributed by atoms with Crippen molar-refractivity contribution in [1.29, 1.82) is 0 Å². The summed E-state index contributed by atoms with van der Waals surface area (Å²) in [5.41, 5.74) is 1.23. The van der Waals surface area contributed by atoms with Gasteiger partial charge in [0, 0.05) is 24.8 Å². The Labute approximate surface area is 154 Å². The Morgan fingerprint density at radius 1 is 1.19 bits per heavy atom. The van der Waals surface area contributed by atoms with E-state index in [1.54, 1.807) is 37.3 Å². The van der Waals surface area contributed by atoms with E-state index in [1.165, 1.54) is 11.8 Å². The zero-order chi connectivity index (χ0) is 19.5. The number of carbonyl (C=O) groups is 3. The van der Waals surface area contributed by atoms with Crippen LogP contribution in [0, 0.1) is 0 Å². The van der Waals surface area contributed by atoms with Gasteiger partial charge in [-0.15, -0.1) is 6.58 Å². The Morgan fingerprint density at radius 2 is 1.77 bits per heavy atom. The molecule has 0 aliphatic carbocycles. The lowest BCUT2D eigenvalue weighted by Crippen LogP contribution is -2.43. The number of rotatable bonds is 10. The highest BCUT2D eigenvalue weighted by atomic mass is 16.5. The summed E-state index contributed by atoms with van der Waals surface area (Å²) in [5.74, 6) is -0.693. The molecule has 7 heteroatoms. The predicted molar refractivity (Wildman–Crippen MR) is 102 cm³/mol. The lowest BCUT2D eigenvalue weighted by molar-refractivity contribution is -0.144. The summed E-state index contributed by atoms with van der Waals surface area (Å²) < 4.78 is 5.44. The number of hydrogen-bond acceptors (Lipinski definition) is 4. The lowest BCUT2D eigenvalue weighted by atomic mass is 10.2. The summed E-state index contributed by atoms with van der Waals surface area (Å²) in [6, 6.07) is 6.75. The first-order chi connectivity index (χ1) is 12.4. The number of nitrogens with one attached hydrogen (secondary N) is 2. The molecule has 7 nitrogen and oxygen atoms in total. The number of benzene rings is 1. The highest BCUT2D eigenvalue weighted by Gasteiger charge is 2.21. The van der Waals surface area contributed by atoms with Crippen molar-refractivity contribution in [3.8, 4) is 0 Å². The molecule has 0 aliphatic rings. The Morgan fingerprint density at radius 3 is 2.27 bits per heavy atom. The van der Waals surface area contributed by atoms with Gasteiger partial charge in [-0.25, -0.2) is 0 Å². The van der Waals surface area contributed by atoms with Gasteiger partial charge in [0.2, 0.25) is 11.8 Å². The van der Waals surface area contributed by atoms with Crippen LogP contribution >= 0.6 is 0 Å². The maximum absolute atomic E-state index is 12.4. The fraction of sp³-hybridized carbons (Fsp3) is 0.421. The molecule has 0 saturated carbocycles. The Hall–Kier alpha value is -2.67. The van der Waals surface area contributed by atoms with E-state index in [2.05, 4.69) is 17.2 Å². The molecule has 1 aromatic rings. The summed E-state index contributed by atoms with van der Waals surface area (Å²) in [6.45, 7) is 9.28. The molecule has 0 radical (unpaired) electrons. The van der Waals surface area contributed by atoms with Gasteiger partial charge in [-0.1, -0.05) is 6.08 Å². The van der Waals surface area contributed by atoms with E-state index in [0.29, 0.717) is 30.9 Å². The molecule has 26 heavy (non-hydrogen) atoms. The molecule has 0 aliphatic heterocycles. The molecule has 0 spiro atoms. The Kier molecular flexibility index (Phi) is 9.08. The van der Waals surface area contributed by atoms with Gasteiger partial charge in [0.1, 0.15) is 6.10 Å². The molecule has 0 aromatic heterocycles. The molecule has 1 aromatic carbocycles. The number of amides is 3. The third-order valence-corrected chi connectivity index (χ3v) is 3.55. The second-order valence-electron chi connectivity index (χ2n) is 5.75. The number of nitrogens with zero attached hydrogens (tertiary/aromatic N) is 1. The van der Waals surface area contributed by atoms with Crippen LogP contribution in [0.2, 0.25) is 0 Å². The van der Waals surface area contributed by atoms with Crippen LogP contribution in [0.5, 0.6) is 0 Å². The standard InChI is InChI=1S/C19H27N3O4/c1-5-7-12-26-14(3)19(25)22(6-2)13-18(24)21-17-10-8-16(9-11-17)20-15(4)23/h5,8-11,14H,1,6-7,12-13H2,2-4H3,(H,20,23)(H,21,24). The second kappa shape index (κ2) is 11.0. The van der Waals surface area contributed by atoms with E-state index in [-0.39, 0.29) is 24.3 Å². The van der Waals surface area contributed by atoms with Crippen LogP contribution in [-0.2, 0) is 19.1 Å². The largest absolute Gasteiger partial charge is 0.368 e. The van der Waals surface area contributed by atoms with E-state index in [9.17, 15) is 14.4 Å². The van der Waals surface area contributed by atoms with E-state index >= 15 is 0 Å². The summed E-state index contributed by atoms with van der Waals surface area (Å²) >= 11 is 0. The number of anilines is 2. The number of ether oxygens (including phenoxy) is 1. The van der Waals surface area contributed by atoms with Crippen molar-refractivity contribution in [1.82, 2.24) is 4.90 Å². The second-order valence-corrected chi connectivity index (χ2v) is 5.75. The molecule has 0 bridgehead atoms. The Bertz CT molecular complexity index is 628. The summed E-state index contributed by atoms with van der Waals surface area (Å²) in [5, 5.41) is 5.38. The smallest absolute Gasteiger partial charge is 0.251 e. The fourth-order valence-corrected chi connectivity index (χ4v) is 2.22. The average Bonchev–Trinajstić information content (AvgIpc) is 2.60. The summed E-state index contributed by atoms with van der Waals surface area (Å²) in [7, 11) is 0. The number of carbonyl (C=O) groups excluding carboxylic acids is 3. The van der Waals surface area contributed by atoms with Crippen LogP contribution in [0.4, 0.5) is 11.4 Å². The van der Waals surface area contributed by atoms with Crippen molar-refractivity contribution in [2.45, 2.75) is 33.3 Å². The third-order valence-electron chi connectivity index (χ3n) is 3.55. The minimum absolute atomic E-state index is 0.0576. The van der Waals surface area contributed by atoms with Gasteiger partial charge in [0.25, 0.3) is 5.91 Å². The van der Waals surface area contributed by atoms with Crippen molar-refractivity contribution >= 4 is 29.1 Å². The number of hydrogen-bond donors (Lipinski definition) is 2. The Balaban J connectivity index is 2.56. The highest BCUT2D eigenvalue weighted by molar-refractivity contribution is 5.95. The molecule has 0 heterocycles. The summed E-state index contributed by atoms with van der Waals surface area (Å²) in [4.78, 5) is 37.0. The van der Waals surface area contributed by atoms with Gasteiger partial charge in [0.05, 0.1) is 13.2 Å². The molecule has 1 rings (SSSR count). The van der Waals surface area contributed by atoms with Crippen molar-refractivity contribution in [3.05, 3.63) is 36.9 Å². The van der Waals surface area contributed by atoms with Gasteiger partial charge in [0.15, 0.2) is 0 Å². The molecule has 3 amide bonds. The van der Waals surface area contributed by atoms with E-state index in [1.807, 2.05) is 6.92 Å². The molecule has 0 saturated heterocycles. The first-order valence-corrected chi connectivity index (χ1v) is 8.56. The van der Waals surface area contributed by atoms with Gasteiger partial charge >= 0.3 is 0 Å². The third kappa shape index (κ3) is 7.48. The van der Waals surface area contributed by atoms with Crippen LogP contribution in [-0.4, -0.2) is 48.4 Å². The number of likely N-dealkylation sites (N-methyl/N-ethyl adjacent to an activating group) is 1. The van der Waals surface area contributed by atoms with E-state index in [4.69, 9.17) is 4.74 Å². The van der Waals surface area contributed by atoms with E-state index < -0.39 is 6.10 Å². The highest BCUT2D eigenvalue weighted by Crippen LogP contribution is 2.13. The average molecular weight is 361 g/mol. The van der Waals surface area contributed by atoms with Crippen LogP contribution in [0.25, 0.3) is 0 Å². The monoisotopic (exact) mass is 361 g/mol. The lowest BCUT2D eigenvalue weighted by Gasteiger charge is -2.24. The van der Waals surface area contributed by atoms with E-state index in [0.717, 1.165) is 0 Å². The molecule has 1 unspecified atom stereocenters. The quantitative estimate of drug-likeness (QED) is 0.495. The van der Waals surface area contributed by atoms with Crippen molar-refractivity contribution in [2.75, 3.05) is 30.3 Å². The zero-order valence-electron chi connectivity index (χ0n) is 15.6. The van der Waals surface area contributed by atoms with Crippen LogP contribution < -0.4 is 10.6 Å². The molecule has 2 N–H and O–H groups in total. The minimum Gasteiger partial charge on any atom is -0.368 e. The van der Waals surface area contributed by atoms with Crippen LogP contribution in [0.15, 0.2) is 36.9 Å². The van der Waals surface area contributed by atoms with Gasteiger partial charge < -0.3 is 20.3 Å².